The van der Waals surface area contributed by atoms with Crippen LogP contribution in [0.3, 0.4) is 0 Å². The van der Waals surface area contributed by atoms with Crippen molar-refractivity contribution >= 4 is 39.2 Å². The van der Waals surface area contributed by atoms with Crippen molar-refractivity contribution in [2.75, 3.05) is 18.1 Å². The van der Waals surface area contributed by atoms with Crippen molar-refractivity contribution in [2.24, 2.45) is 10.3 Å². The van der Waals surface area contributed by atoms with Crippen LogP contribution in [-0.4, -0.2) is 45.1 Å². The Kier molecular flexibility index (Phi) is 5.84. The van der Waals surface area contributed by atoms with E-state index < -0.39 is 28.1 Å². The van der Waals surface area contributed by atoms with Crippen molar-refractivity contribution < 1.29 is 23.0 Å². The lowest BCUT2D eigenvalue weighted by Crippen LogP contribution is -2.53. The van der Waals surface area contributed by atoms with Crippen LogP contribution in [0.1, 0.15) is 0 Å². The molecular formula is C24H21ClN2O5S. The monoisotopic (exact) mass is 484 g/mol. The van der Waals surface area contributed by atoms with Gasteiger partial charge in [-0.05, 0) is 48.5 Å². The van der Waals surface area contributed by atoms with Crippen molar-refractivity contribution in [1.29, 1.82) is 0 Å². The van der Waals surface area contributed by atoms with Crippen LogP contribution in [0.5, 0.6) is 11.5 Å². The van der Waals surface area contributed by atoms with Gasteiger partial charge in [0.25, 0.3) is 10.0 Å². The molecule has 5 rings (SSSR count). The van der Waals surface area contributed by atoms with Gasteiger partial charge in [0.1, 0.15) is 0 Å². The molecule has 0 bridgehead atoms. The lowest BCUT2D eigenvalue weighted by Gasteiger charge is -2.43. The highest BCUT2D eigenvalue weighted by Gasteiger charge is 2.40. The zero-order valence-electron chi connectivity index (χ0n) is 17.4. The van der Waals surface area contributed by atoms with Crippen molar-refractivity contribution in [2.45, 2.75) is 17.0 Å². The second-order valence-electron chi connectivity index (χ2n) is 7.85. The minimum atomic E-state index is -3.93. The number of aliphatic hydroxyl groups is 1. The van der Waals surface area contributed by atoms with E-state index in [0.29, 0.717) is 16.5 Å². The summed E-state index contributed by atoms with van der Waals surface area (Å²) in [6.07, 6.45) is 0.334. The summed E-state index contributed by atoms with van der Waals surface area (Å²) in [5, 5.41) is 11.7. The summed E-state index contributed by atoms with van der Waals surface area (Å²) in [6, 6.07) is 20.4. The molecule has 2 aliphatic rings. The SMILES string of the molecule is O=S(=O)(N=CC1COC[C@H](N2c3ccccc3Oc3ccccc32)[C@H]1O)c1ccc(Cl)cc1. The molecule has 0 amide bonds. The predicted molar refractivity (Wildman–Crippen MR) is 126 cm³/mol. The van der Waals surface area contributed by atoms with Gasteiger partial charge in [0.05, 0.1) is 41.6 Å². The van der Waals surface area contributed by atoms with Crippen LogP contribution in [0.4, 0.5) is 11.4 Å². The number of aliphatic hydroxyl groups excluding tert-OH is 1. The van der Waals surface area contributed by atoms with E-state index in [1.807, 2.05) is 53.4 Å². The Balaban J connectivity index is 1.45. The lowest BCUT2D eigenvalue weighted by atomic mass is 9.93. The summed E-state index contributed by atoms with van der Waals surface area (Å²) in [5.41, 5.74) is 1.60. The highest BCUT2D eigenvalue weighted by Crippen LogP contribution is 2.48. The quantitative estimate of drug-likeness (QED) is 0.551. The Labute approximate surface area is 196 Å². The van der Waals surface area contributed by atoms with E-state index in [-0.39, 0.29) is 18.1 Å². The standard InChI is InChI=1S/C24H21ClN2O5S/c25-17-9-11-18(12-10-17)33(29,30)26-13-16-14-31-15-21(24(16)28)27-19-5-1-3-7-22(19)32-23-8-4-2-6-20(23)27/h1-13,16,21,24,28H,14-15H2/t16?,21-,24-/m0/s1. The van der Waals surface area contributed by atoms with Crippen LogP contribution in [-0.2, 0) is 14.8 Å². The molecule has 1 saturated heterocycles. The molecule has 7 nitrogen and oxygen atoms in total. The second kappa shape index (κ2) is 8.79. The fraction of sp³-hybridized carbons (Fsp3) is 0.208. The summed E-state index contributed by atoms with van der Waals surface area (Å²) < 4.78 is 40.9. The molecule has 3 aromatic carbocycles. The average molecular weight is 485 g/mol. The zero-order chi connectivity index (χ0) is 23.0. The summed E-state index contributed by atoms with van der Waals surface area (Å²) in [5.74, 6) is 0.724. The van der Waals surface area contributed by atoms with Gasteiger partial charge >= 0.3 is 0 Å². The van der Waals surface area contributed by atoms with Crippen molar-refractivity contribution in [3.8, 4) is 11.5 Å². The highest BCUT2D eigenvalue weighted by atomic mass is 35.5. The first-order chi connectivity index (χ1) is 15.9. The largest absolute Gasteiger partial charge is 0.453 e. The van der Waals surface area contributed by atoms with E-state index in [9.17, 15) is 13.5 Å². The number of ether oxygens (including phenoxy) is 2. The number of sulfonamides is 1. The molecule has 9 heteroatoms. The maximum absolute atomic E-state index is 12.6. The molecule has 3 atom stereocenters. The van der Waals surface area contributed by atoms with Crippen molar-refractivity contribution in [3.63, 3.8) is 0 Å². The molecule has 3 aromatic rings. The number of rotatable bonds is 4. The number of benzene rings is 3. The van der Waals surface area contributed by atoms with E-state index in [1.165, 1.54) is 30.5 Å². The van der Waals surface area contributed by atoms with Crippen LogP contribution in [0.2, 0.25) is 5.02 Å². The molecule has 0 saturated carbocycles. The molecule has 1 unspecified atom stereocenters. The van der Waals surface area contributed by atoms with Crippen LogP contribution in [0, 0.1) is 5.92 Å². The number of anilines is 2. The van der Waals surface area contributed by atoms with E-state index in [1.54, 1.807) is 0 Å². The Hall–Kier alpha value is -2.91. The zero-order valence-corrected chi connectivity index (χ0v) is 19.0. The van der Waals surface area contributed by atoms with Gasteiger partial charge in [-0.3, -0.25) is 0 Å². The Morgan fingerprint density at radius 1 is 0.939 bits per heavy atom. The number of hydrogen-bond acceptors (Lipinski definition) is 6. The maximum atomic E-state index is 12.6. The van der Waals surface area contributed by atoms with Crippen LogP contribution in [0.15, 0.2) is 82.1 Å². The van der Waals surface area contributed by atoms with E-state index in [4.69, 9.17) is 21.1 Å². The molecule has 2 aliphatic heterocycles. The van der Waals surface area contributed by atoms with Gasteiger partial charge in [-0.15, -0.1) is 0 Å². The Bertz CT molecular complexity index is 1250. The van der Waals surface area contributed by atoms with Crippen LogP contribution < -0.4 is 9.64 Å². The number of hydrogen-bond donors (Lipinski definition) is 1. The molecule has 33 heavy (non-hydrogen) atoms. The van der Waals surface area contributed by atoms with Crippen molar-refractivity contribution in [1.82, 2.24) is 0 Å². The fourth-order valence-corrected chi connectivity index (χ4v) is 5.13. The van der Waals surface area contributed by atoms with E-state index in [2.05, 4.69) is 4.40 Å². The van der Waals surface area contributed by atoms with Crippen LogP contribution in [0.25, 0.3) is 0 Å². The molecule has 170 valence electrons. The van der Waals surface area contributed by atoms with Gasteiger partial charge in [-0.1, -0.05) is 35.9 Å². The number of nitrogens with zero attached hydrogens (tertiary/aromatic N) is 2. The molecule has 1 fully saturated rings. The highest BCUT2D eigenvalue weighted by molar-refractivity contribution is 7.90. The third-order valence-corrected chi connectivity index (χ3v) is 7.25. The number of halogens is 1. The van der Waals surface area contributed by atoms with Gasteiger partial charge in [0.2, 0.25) is 0 Å². The van der Waals surface area contributed by atoms with E-state index >= 15 is 0 Å². The molecule has 0 aliphatic carbocycles. The first-order valence-corrected chi connectivity index (χ1v) is 12.2. The molecule has 1 N–H and O–H groups in total. The Morgan fingerprint density at radius 2 is 1.55 bits per heavy atom. The summed E-state index contributed by atoms with van der Waals surface area (Å²) in [7, 11) is -3.93. The predicted octanol–water partition coefficient (Wildman–Crippen LogP) is 4.42. The number of fused-ring (bicyclic) bond motifs is 2. The second-order valence-corrected chi connectivity index (χ2v) is 9.92. The van der Waals surface area contributed by atoms with Gasteiger partial charge < -0.3 is 19.5 Å². The topological polar surface area (TPSA) is 88.4 Å². The minimum Gasteiger partial charge on any atom is -0.453 e. The van der Waals surface area contributed by atoms with Gasteiger partial charge in [0, 0.05) is 17.2 Å². The lowest BCUT2D eigenvalue weighted by molar-refractivity contribution is -0.0254. The first-order valence-electron chi connectivity index (χ1n) is 10.4. The smallest absolute Gasteiger partial charge is 0.281 e. The van der Waals surface area contributed by atoms with Gasteiger partial charge in [-0.2, -0.15) is 12.8 Å². The fourth-order valence-electron chi connectivity index (χ4n) is 4.08. The molecule has 0 aromatic heterocycles. The van der Waals surface area contributed by atoms with Crippen molar-refractivity contribution in [3.05, 3.63) is 77.8 Å². The third-order valence-electron chi connectivity index (χ3n) is 5.74. The Morgan fingerprint density at radius 3 is 2.18 bits per heavy atom. The molecule has 2 heterocycles. The molecule has 0 radical (unpaired) electrons. The summed E-state index contributed by atoms with van der Waals surface area (Å²) in [6.45, 7) is 0.420. The van der Waals surface area contributed by atoms with Crippen LogP contribution >= 0.6 is 11.6 Å². The van der Waals surface area contributed by atoms with Gasteiger partial charge in [0.15, 0.2) is 11.5 Å². The maximum Gasteiger partial charge on any atom is 0.281 e. The normalized spacial score (nSPS) is 22.5. The minimum absolute atomic E-state index is 0.0296. The summed E-state index contributed by atoms with van der Waals surface area (Å²) >= 11 is 5.85. The van der Waals surface area contributed by atoms with E-state index in [0.717, 1.165) is 11.4 Å². The van der Waals surface area contributed by atoms with Gasteiger partial charge in [-0.25, -0.2) is 0 Å². The molecular weight excluding hydrogens is 464 g/mol. The third kappa shape index (κ3) is 4.22. The molecule has 0 spiro atoms. The number of para-hydroxylation sites is 4. The average Bonchev–Trinajstić information content (AvgIpc) is 2.82. The summed E-state index contributed by atoms with van der Waals surface area (Å²) in [4.78, 5) is 2.02. The first kappa shape index (κ1) is 21.9.